The van der Waals surface area contributed by atoms with E-state index < -0.39 is 0 Å². The highest BCUT2D eigenvalue weighted by atomic mass is 32.2. The lowest BCUT2D eigenvalue weighted by Gasteiger charge is -2.07. The molecule has 26 heavy (non-hydrogen) atoms. The average Bonchev–Trinajstić information content (AvgIpc) is 3.17. The van der Waals surface area contributed by atoms with E-state index in [9.17, 15) is 9.59 Å². The van der Waals surface area contributed by atoms with Crippen molar-refractivity contribution in [2.75, 3.05) is 11.2 Å². The third kappa shape index (κ3) is 3.13. The summed E-state index contributed by atoms with van der Waals surface area (Å²) >= 11 is 4.38. The van der Waals surface area contributed by atoms with Gasteiger partial charge in [0.2, 0.25) is 5.91 Å². The number of carbonyl (C=O) groups is 1. The summed E-state index contributed by atoms with van der Waals surface area (Å²) in [5, 5.41) is 0.564. The topological polar surface area (TPSA) is 76.9 Å². The van der Waals surface area contributed by atoms with Crippen LogP contribution in [0.3, 0.4) is 0 Å². The van der Waals surface area contributed by atoms with Crippen LogP contribution in [0.4, 0.5) is 0 Å². The zero-order valence-corrected chi connectivity index (χ0v) is 16.4. The maximum Gasteiger partial charge on any atom is 0.281 e. The molecule has 0 saturated carbocycles. The van der Waals surface area contributed by atoms with Crippen LogP contribution in [0.2, 0.25) is 0 Å². The molecule has 3 aromatic heterocycles. The highest BCUT2D eigenvalue weighted by Crippen LogP contribution is 2.29. The lowest BCUT2D eigenvalue weighted by Crippen LogP contribution is -2.34. The van der Waals surface area contributed by atoms with Crippen LogP contribution in [0.5, 0.6) is 0 Å². The maximum atomic E-state index is 12.6. The molecule has 9 heteroatoms. The largest absolute Gasteiger partial charge is 0.281 e. The number of para-hydroxylation sites is 1. The lowest BCUT2D eigenvalue weighted by molar-refractivity contribution is -0.114. The van der Waals surface area contributed by atoms with Crippen molar-refractivity contribution < 1.29 is 4.79 Å². The van der Waals surface area contributed by atoms with Crippen LogP contribution >= 0.6 is 34.4 Å². The van der Waals surface area contributed by atoms with Gasteiger partial charge in [-0.3, -0.25) is 15.0 Å². The van der Waals surface area contributed by atoms with Crippen molar-refractivity contribution in [3.63, 3.8) is 0 Å². The van der Waals surface area contributed by atoms with E-state index in [2.05, 4.69) is 15.4 Å². The number of hydrogen-bond donors (Lipinski definition) is 1. The predicted molar refractivity (Wildman–Crippen MR) is 108 cm³/mol. The minimum absolute atomic E-state index is 0.173. The van der Waals surface area contributed by atoms with E-state index in [1.165, 1.54) is 29.4 Å². The number of aryl methyl sites for hydroxylation is 2. The number of amides is 1. The van der Waals surface area contributed by atoms with Gasteiger partial charge in [-0.2, -0.15) is 0 Å². The number of thiophene rings is 1. The van der Waals surface area contributed by atoms with Crippen molar-refractivity contribution in [1.82, 2.24) is 14.6 Å². The Labute approximate surface area is 160 Å². The molecular weight excluding hydrogens is 388 g/mol. The Morgan fingerprint density at radius 2 is 2.08 bits per heavy atom. The second kappa shape index (κ2) is 6.82. The smallest absolute Gasteiger partial charge is 0.272 e. The van der Waals surface area contributed by atoms with Gasteiger partial charge in [-0.15, -0.1) is 22.7 Å². The van der Waals surface area contributed by atoms with Gasteiger partial charge >= 0.3 is 0 Å². The van der Waals surface area contributed by atoms with Gasteiger partial charge in [-0.1, -0.05) is 23.9 Å². The first-order valence-electron chi connectivity index (χ1n) is 7.78. The first kappa shape index (κ1) is 17.2. The van der Waals surface area contributed by atoms with E-state index in [-0.39, 0.29) is 17.2 Å². The van der Waals surface area contributed by atoms with E-state index in [4.69, 9.17) is 0 Å². The summed E-state index contributed by atoms with van der Waals surface area (Å²) in [5.74, 6) is -0.103. The molecule has 3 heterocycles. The standard InChI is InChI=1S/C17H14N4O2S3/c1-9-10(2)25-15-14(9)16(23)21(8-18-15)20-13(22)7-24-17-19-11-5-3-4-6-12(11)26-17/h3-6,8H,7H2,1-2H3,(H,20,22). The predicted octanol–water partition coefficient (Wildman–Crippen LogP) is 3.55. The number of thiazole rings is 1. The van der Waals surface area contributed by atoms with Gasteiger partial charge in [-0.25, -0.2) is 14.6 Å². The quantitative estimate of drug-likeness (QED) is 0.528. The number of nitrogens with zero attached hydrogens (tertiary/aromatic N) is 3. The Morgan fingerprint density at radius 3 is 2.88 bits per heavy atom. The van der Waals surface area contributed by atoms with Gasteiger partial charge < -0.3 is 0 Å². The SMILES string of the molecule is Cc1sc2ncn(NC(=O)CSc3nc4ccccc4s3)c(=O)c2c1C. The highest BCUT2D eigenvalue weighted by Gasteiger charge is 2.14. The number of hydrogen-bond acceptors (Lipinski definition) is 7. The van der Waals surface area contributed by atoms with Gasteiger partial charge in [0, 0.05) is 4.88 Å². The van der Waals surface area contributed by atoms with Crippen LogP contribution in [0.25, 0.3) is 20.4 Å². The van der Waals surface area contributed by atoms with Crippen LogP contribution in [0.1, 0.15) is 10.4 Å². The Hall–Kier alpha value is -2.23. The minimum atomic E-state index is -0.276. The van der Waals surface area contributed by atoms with Gasteiger partial charge in [0.15, 0.2) is 4.34 Å². The molecular formula is C17H14N4O2S3. The van der Waals surface area contributed by atoms with Crippen LogP contribution < -0.4 is 11.0 Å². The molecule has 1 N–H and O–H groups in total. The second-order valence-corrected chi connectivity index (χ2v) is 9.11. The molecule has 4 aromatic rings. The van der Waals surface area contributed by atoms with Gasteiger partial charge in [0.1, 0.15) is 11.2 Å². The Kier molecular flexibility index (Phi) is 4.51. The number of benzene rings is 1. The molecule has 0 aliphatic heterocycles. The molecule has 0 saturated heterocycles. The Morgan fingerprint density at radius 1 is 1.27 bits per heavy atom. The summed E-state index contributed by atoms with van der Waals surface area (Å²) in [6.45, 7) is 3.85. The molecule has 6 nitrogen and oxygen atoms in total. The van der Waals surface area contributed by atoms with Crippen LogP contribution in [-0.2, 0) is 4.79 Å². The zero-order chi connectivity index (χ0) is 18.3. The number of fused-ring (bicyclic) bond motifs is 2. The van der Waals surface area contributed by atoms with Crippen molar-refractivity contribution >= 4 is 60.8 Å². The number of thioether (sulfide) groups is 1. The van der Waals surface area contributed by atoms with Crippen molar-refractivity contribution in [2.45, 2.75) is 18.2 Å². The summed E-state index contributed by atoms with van der Waals surface area (Å²) in [7, 11) is 0. The highest BCUT2D eigenvalue weighted by molar-refractivity contribution is 8.01. The summed E-state index contributed by atoms with van der Waals surface area (Å²) in [6, 6.07) is 7.85. The van der Waals surface area contributed by atoms with Crippen molar-refractivity contribution in [3.8, 4) is 0 Å². The summed E-state index contributed by atoms with van der Waals surface area (Å²) in [6.07, 6.45) is 1.36. The molecule has 0 spiro atoms. The maximum absolute atomic E-state index is 12.6. The number of nitrogens with one attached hydrogen (secondary N) is 1. The van der Waals surface area contributed by atoms with Crippen LogP contribution in [-0.4, -0.2) is 26.3 Å². The third-order valence-electron chi connectivity index (χ3n) is 3.94. The Balaban J connectivity index is 1.49. The molecule has 132 valence electrons. The van der Waals surface area contributed by atoms with Gasteiger partial charge in [0.25, 0.3) is 5.56 Å². The molecule has 4 rings (SSSR count). The van der Waals surface area contributed by atoms with E-state index in [1.54, 1.807) is 11.3 Å². The zero-order valence-electron chi connectivity index (χ0n) is 14.0. The second-order valence-electron chi connectivity index (χ2n) is 5.65. The van der Waals surface area contributed by atoms with Crippen molar-refractivity contribution in [1.29, 1.82) is 0 Å². The fourth-order valence-corrected chi connectivity index (χ4v) is 5.37. The number of aromatic nitrogens is 3. The van der Waals surface area contributed by atoms with E-state index in [0.717, 1.165) is 29.7 Å². The fraction of sp³-hybridized carbons (Fsp3) is 0.176. The third-order valence-corrected chi connectivity index (χ3v) is 7.23. The number of carbonyl (C=O) groups excluding carboxylic acids is 1. The molecule has 1 amide bonds. The van der Waals surface area contributed by atoms with Crippen molar-refractivity contribution in [2.24, 2.45) is 0 Å². The molecule has 0 atom stereocenters. The van der Waals surface area contributed by atoms with E-state index in [1.807, 2.05) is 38.1 Å². The number of rotatable bonds is 4. The molecule has 0 aliphatic carbocycles. The van der Waals surface area contributed by atoms with Crippen LogP contribution in [0, 0.1) is 13.8 Å². The summed E-state index contributed by atoms with van der Waals surface area (Å²) in [5.41, 5.74) is 4.19. The van der Waals surface area contributed by atoms with Gasteiger partial charge in [-0.05, 0) is 31.5 Å². The molecule has 1 aromatic carbocycles. The van der Waals surface area contributed by atoms with Crippen LogP contribution in [0.15, 0.2) is 39.7 Å². The van der Waals surface area contributed by atoms with Gasteiger partial charge in [0.05, 0.1) is 21.4 Å². The lowest BCUT2D eigenvalue weighted by atomic mass is 10.2. The normalized spacial score (nSPS) is 11.3. The van der Waals surface area contributed by atoms with E-state index in [0.29, 0.717) is 10.2 Å². The van der Waals surface area contributed by atoms with E-state index >= 15 is 0 Å². The molecule has 0 radical (unpaired) electrons. The first-order chi connectivity index (χ1) is 12.5. The molecule has 0 aliphatic rings. The molecule has 0 unspecified atom stereocenters. The molecule has 0 bridgehead atoms. The minimum Gasteiger partial charge on any atom is -0.272 e. The average molecular weight is 403 g/mol. The molecule has 0 fully saturated rings. The summed E-state index contributed by atoms with van der Waals surface area (Å²) in [4.78, 5) is 35.3. The summed E-state index contributed by atoms with van der Waals surface area (Å²) < 4.78 is 3.07. The Bertz CT molecular complexity index is 1160. The monoisotopic (exact) mass is 402 g/mol. The fourth-order valence-electron chi connectivity index (χ4n) is 2.52. The van der Waals surface area contributed by atoms with Crippen molar-refractivity contribution in [3.05, 3.63) is 51.4 Å². The first-order valence-corrected chi connectivity index (χ1v) is 10.4.